The van der Waals surface area contributed by atoms with Crippen LogP contribution >= 0.6 is 22.6 Å². The van der Waals surface area contributed by atoms with Crippen molar-refractivity contribution in [1.29, 1.82) is 0 Å². The number of rotatable bonds is 2. The van der Waals surface area contributed by atoms with Crippen molar-refractivity contribution < 1.29 is 14.3 Å². The maximum atomic E-state index is 12.9. The molecule has 1 amide bonds. The molecule has 1 aliphatic heterocycles. The van der Waals surface area contributed by atoms with Gasteiger partial charge in [-0.1, -0.05) is 19.1 Å². The first-order valence-electron chi connectivity index (χ1n) is 7.93. The fourth-order valence-corrected chi connectivity index (χ4v) is 3.98. The number of carbonyl (C=O) groups is 2. The molecule has 0 saturated heterocycles. The van der Waals surface area contributed by atoms with Crippen molar-refractivity contribution in [2.75, 3.05) is 5.32 Å². The standard InChI is InChI=1S/C18H20INO3/c1-11-7-9-18(10-8-11)15(12(2)17(22)23-18)16(21)20-14-6-4-3-5-13(14)19/h3-6,11H,7-10H2,1-2H3,(H,20,21). The monoisotopic (exact) mass is 425 g/mol. The number of hydrogen-bond acceptors (Lipinski definition) is 3. The Labute approximate surface area is 149 Å². The molecule has 5 heteroatoms. The summed E-state index contributed by atoms with van der Waals surface area (Å²) in [5, 5.41) is 2.95. The summed E-state index contributed by atoms with van der Waals surface area (Å²) in [5.41, 5.74) is 1.01. The van der Waals surface area contributed by atoms with Gasteiger partial charge in [-0.25, -0.2) is 4.79 Å². The zero-order valence-corrected chi connectivity index (χ0v) is 15.5. The average molecular weight is 425 g/mol. The molecule has 1 aromatic carbocycles. The van der Waals surface area contributed by atoms with Crippen LogP contribution in [0.2, 0.25) is 0 Å². The van der Waals surface area contributed by atoms with Gasteiger partial charge in [-0.15, -0.1) is 0 Å². The first-order valence-corrected chi connectivity index (χ1v) is 9.01. The summed E-state index contributed by atoms with van der Waals surface area (Å²) >= 11 is 2.19. The molecule has 3 rings (SSSR count). The van der Waals surface area contributed by atoms with Crippen LogP contribution in [0, 0.1) is 9.49 Å². The van der Waals surface area contributed by atoms with Gasteiger partial charge in [0.25, 0.3) is 5.91 Å². The van der Waals surface area contributed by atoms with E-state index in [-0.39, 0.29) is 11.9 Å². The summed E-state index contributed by atoms with van der Waals surface area (Å²) in [5.74, 6) is 0.0408. The molecule has 1 aromatic rings. The Balaban J connectivity index is 1.90. The molecular formula is C18H20INO3. The molecule has 2 aliphatic rings. The van der Waals surface area contributed by atoms with Crippen molar-refractivity contribution in [1.82, 2.24) is 0 Å². The SMILES string of the molecule is CC1=C(C(=O)Nc2ccccc2I)C2(CCC(C)CC2)OC1=O. The van der Waals surface area contributed by atoms with Gasteiger partial charge >= 0.3 is 5.97 Å². The summed E-state index contributed by atoms with van der Waals surface area (Å²) < 4.78 is 6.64. The van der Waals surface area contributed by atoms with Crippen molar-refractivity contribution in [2.45, 2.75) is 45.1 Å². The topological polar surface area (TPSA) is 55.4 Å². The highest BCUT2D eigenvalue weighted by Crippen LogP contribution is 2.45. The molecule has 0 atom stereocenters. The van der Waals surface area contributed by atoms with Crippen molar-refractivity contribution in [3.05, 3.63) is 39.0 Å². The van der Waals surface area contributed by atoms with Gasteiger partial charge < -0.3 is 10.1 Å². The van der Waals surface area contributed by atoms with Gasteiger partial charge in [0.15, 0.2) is 0 Å². The minimum absolute atomic E-state index is 0.216. The number of carbonyl (C=O) groups excluding carboxylic acids is 2. The van der Waals surface area contributed by atoms with Crippen LogP contribution in [-0.2, 0) is 14.3 Å². The van der Waals surface area contributed by atoms with Crippen LogP contribution in [0.3, 0.4) is 0 Å². The van der Waals surface area contributed by atoms with Crippen LogP contribution < -0.4 is 5.32 Å². The minimum atomic E-state index is -0.724. The second-order valence-electron chi connectivity index (χ2n) is 6.50. The van der Waals surface area contributed by atoms with Crippen molar-refractivity contribution >= 4 is 40.2 Å². The Bertz CT molecular complexity index is 687. The van der Waals surface area contributed by atoms with Crippen LogP contribution in [0.4, 0.5) is 5.69 Å². The fourth-order valence-electron chi connectivity index (χ4n) is 3.45. The number of hydrogen-bond donors (Lipinski definition) is 1. The van der Waals surface area contributed by atoms with Crippen LogP contribution in [0.5, 0.6) is 0 Å². The summed E-state index contributed by atoms with van der Waals surface area (Å²) in [6, 6.07) is 7.61. The van der Waals surface area contributed by atoms with Gasteiger partial charge in [0.05, 0.1) is 11.3 Å². The molecule has 122 valence electrons. The van der Waals surface area contributed by atoms with Gasteiger partial charge in [-0.2, -0.15) is 0 Å². The van der Waals surface area contributed by atoms with Gasteiger partial charge in [-0.05, 0) is 73.2 Å². The molecule has 1 N–H and O–H groups in total. The van der Waals surface area contributed by atoms with E-state index in [0.717, 1.165) is 34.9 Å². The van der Waals surface area contributed by atoms with Crippen molar-refractivity contribution in [3.8, 4) is 0 Å². The van der Waals surface area contributed by atoms with Crippen LogP contribution in [0.1, 0.15) is 39.5 Å². The average Bonchev–Trinajstić information content (AvgIpc) is 2.76. The highest BCUT2D eigenvalue weighted by Gasteiger charge is 2.50. The Hall–Kier alpha value is -1.37. The van der Waals surface area contributed by atoms with E-state index < -0.39 is 5.60 Å². The first kappa shape index (κ1) is 16.5. The molecule has 0 unspecified atom stereocenters. The molecule has 1 aliphatic carbocycles. The molecule has 1 heterocycles. The van der Waals surface area contributed by atoms with Crippen LogP contribution in [-0.4, -0.2) is 17.5 Å². The predicted molar refractivity (Wildman–Crippen MR) is 96.9 cm³/mol. The Morgan fingerprint density at radius 2 is 1.96 bits per heavy atom. The normalized spacial score (nSPS) is 27.3. The van der Waals surface area contributed by atoms with Gasteiger partial charge in [0.1, 0.15) is 5.60 Å². The molecule has 23 heavy (non-hydrogen) atoms. The molecule has 1 fully saturated rings. The number of halogens is 1. The Kier molecular flexibility index (Phi) is 4.49. The van der Waals surface area contributed by atoms with E-state index in [0.29, 0.717) is 17.1 Å². The third-order valence-corrected chi connectivity index (χ3v) is 5.80. The molecule has 0 aromatic heterocycles. The van der Waals surface area contributed by atoms with Gasteiger partial charge in [0.2, 0.25) is 0 Å². The molecular weight excluding hydrogens is 405 g/mol. The Morgan fingerprint density at radius 1 is 1.30 bits per heavy atom. The third kappa shape index (κ3) is 3.03. The lowest BCUT2D eigenvalue weighted by Crippen LogP contribution is -2.40. The third-order valence-electron chi connectivity index (χ3n) is 4.86. The van der Waals surface area contributed by atoms with Crippen molar-refractivity contribution in [3.63, 3.8) is 0 Å². The quantitative estimate of drug-likeness (QED) is 0.575. The molecule has 1 saturated carbocycles. The minimum Gasteiger partial charge on any atom is -0.451 e. The lowest BCUT2D eigenvalue weighted by Gasteiger charge is -2.36. The van der Waals surface area contributed by atoms with E-state index in [2.05, 4.69) is 34.8 Å². The van der Waals surface area contributed by atoms with Crippen LogP contribution in [0.15, 0.2) is 35.4 Å². The lowest BCUT2D eigenvalue weighted by molar-refractivity contribution is -0.150. The molecule has 4 nitrogen and oxygen atoms in total. The first-order chi connectivity index (χ1) is 10.9. The summed E-state index contributed by atoms with van der Waals surface area (Å²) in [7, 11) is 0. The number of esters is 1. The van der Waals surface area contributed by atoms with Crippen LogP contribution in [0.25, 0.3) is 0 Å². The second kappa shape index (κ2) is 6.26. The Morgan fingerprint density at radius 3 is 2.61 bits per heavy atom. The van der Waals surface area contributed by atoms with E-state index in [4.69, 9.17) is 4.74 Å². The van der Waals surface area contributed by atoms with E-state index in [1.807, 2.05) is 24.3 Å². The molecule has 1 spiro atoms. The number of para-hydroxylation sites is 1. The zero-order valence-electron chi connectivity index (χ0n) is 13.3. The number of benzene rings is 1. The summed E-state index contributed by atoms with van der Waals surface area (Å²) in [6.07, 6.45) is 3.40. The highest BCUT2D eigenvalue weighted by atomic mass is 127. The van der Waals surface area contributed by atoms with E-state index >= 15 is 0 Å². The van der Waals surface area contributed by atoms with E-state index in [1.54, 1.807) is 6.92 Å². The summed E-state index contributed by atoms with van der Waals surface area (Å²) in [6.45, 7) is 3.90. The lowest BCUT2D eigenvalue weighted by atomic mass is 9.75. The van der Waals surface area contributed by atoms with E-state index in [1.165, 1.54) is 0 Å². The van der Waals surface area contributed by atoms with E-state index in [9.17, 15) is 9.59 Å². The largest absolute Gasteiger partial charge is 0.451 e. The maximum absolute atomic E-state index is 12.9. The number of amides is 1. The summed E-state index contributed by atoms with van der Waals surface area (Å²) in [4.78, 5) is 25.0. The fraction of sp³-hybridized carbons (Fsp3) is 0.444. The maximum Gasteiger partial charge on any atom is 0.335 e. The number of nitrogens with one attached hydrogen (secondary N) is 1. The highest BCUT2D eigenvalue weighted by molar-refractivity contribution is 14.1. The number of ether oxygens (including phenoxy) is 1. The van der Waals surface area contributed by atoms with Gasteiger partial charge in [-0.3, -0.25) is 4.79 Å². The zero-order chi connectivity index (χ0) is 16.6. The van der Waals surface area contributed by atoms with Gasteiger partial charge in [0, 0.05) is 9.14 Å². The predicted octanol–water partition coefficient (Wildman–Crippen LogP) is 4.05. The number of anilines is 1. The smallest absolute Gasteiger partial charge is 0.335 e. The second-order valence-corrected chi connectivity index (χ2v) is 7.66. The van der Waals surface area contributed by atoms with Crippen molar-refractivity contribution in [2.24, 2.45) is 5.92 Å². The molecule has 0 bridgehead atoms. The molecule has 0 radical (unpaired) electrons.